The van der Waals surface area contributed by atoms with Crippen LogP contribution in [0.5, 0.6) is 11.5 Å². The molecule has 11 heteroatoms. The van der Waals surface area contributed by atoms with E-state index in [0.29, 0.717) is 33.2 Å². The van der Waals surface area contributed by atoms with Gasteiger partial charge in [0.05, 0.1) is 10.5 Å². The molecular formula is C31H30ClFN6O3. The van der Waals surface area contributed by atoms with Gasteiger partial charge in [0.2, 0.25) is 0 Å². The Bertz CT molecular complexity index is 1810. The number of aryl methyl sites for hydroxylation is 1. The van der Waals surface area contributed by atoms with Gasteiger partial charge in [-0.15, -0.1) is 0 Å². The number of ether oxygens (including phenoxy) is 2. The van der Waals surface area contributed by atoms with E-state index in [0.717, 1.165) is 22.2 Å². The third-order valence-corrected chi connectivity index (χ3v) is 7.68. The van der Waals surface area contributed by atoms with Gasteiger partial charge in [-0.2, -0.15) is 5.10 Å². The Morgan fingerprint density at radius 1 is 1.02 bits per heavy atom. The van der Waals surface area contributed by atoms with Crippen LogP contribution in [0.4, 0.5) is 9.18 Å². The van der Waals surface area contributed by atoms with Crippen LogP contribution in [0.2, 0.25) is 5.02 Å². The van der Waals surface area contributed by atoms with E-state index in [2.05, 4.69) is 20.1 Å². The molecule has 1 aliphatic heterocycles. The Hall–Kier alpha value is -4.31. The molecule has 0 saturated carbocycles. The van der Waals surface area contributed by atoms with Gasteiger partial charge in [-0.1, -0.05) is 17.7 Å². The van der Waals surface area contributed by atoms with Crippen LogP contribution in [-0.2, 0) is 10.4 Å². The van der Waals surface area contributed by atoms with Crippen LogP contribution in [-0.4, -0.2) is 54.2 Å². The average Bonchev–Trinajstić information content (AvgIpc) is 3.41. The van der Waals surface area contributed by atoms with Crippen molar-refractivity contribution in [3.8, 4) is 22.6 Å². The maximum Gasteiger partial charge on any atom is 0.410 e. The summed E-state index contributed by atoms with van der Waals surface area (Å²) in [6.45, 7) is 7.83. The summed E-state index contributed by atoms with van der Waals surface area (Å²) >= 11 is 6.70. The molecular weight excluding hydrogens is 559 g/mol. The van der Waals surface area contributed by atoms with Crippen molar-refractivity contribution in [2.75, 3.05) is 13.1 Å². The highest BCUT2D eigenvalue weighted by atomic mass is 35.5. The van der Waals surface area contributed by atoms with Crippen LogP contribution in [0.25, 0.3) is 27.7 Å². The van der Waals surface area contributed by atoms with E-state index in [1.165, 1.54) is 12.7 Å². The number of hydrogen-bond acceptors (Lipinski definition) is 7. The van der Waals surface area contributed by atoms with Gasteiger partial charge < -0.3 is 14.4 Å². The number of amides is 1. The fourth-order valence-corrected chi connectivity index (χ4v) is 5.39. The van der Waals surface area contributed by atoms with Gasteiger partial charge in [0, 0.05) is 54.8 Å². The molecule has 1 fully saturated rings. The average molecular weight is 589 g/mol. The number of pyridine rings is 1. The minimum absolute atomic E-state index is 0.147. The van der Waals surface area contributed by atoms with Crippen molar-refractivity contribution in [2.45, 2.75) is 51.8 Å². The molecule has 0 unspecified atom stereocenters. The molecule has 3 aromatic heterocycles. The molecule has 0 N–H and O–H groups in total. The normalized spacial score (nSPS) is 15.2. The zero-order valence-corrected chi connectivity index (χ0v) is 24.5. The van der Waals surface area contributed by atoms with Gasteiger partial charge in [-0.05, 0) is 69.2 Å². The van der Waals surface area contributed by atoms with Crippen molar-refractivity contribution in [2.24, 2.45) is 0 Å². The van der Waals surface area contributed by atoms with Gasteiger partial charge in [0.15, 0.2) is 5.65 Å². The second-order valence-corrected chi connectivity index (χ2v) is 11.9. The number of benzene rings is 2. The first-order chi connectivity index (χ1) is 20.0. The molecule has 1 aliphatic rings. The maximum atomic E-state index is 16.6. The van der Waals surface area contributed by atoms with E-state index in [9.17, 15) is 4.79 Å². The third kappa shape index (κ3) is 5.46. The lowest BCUT2D eigenvalue weighted by Crippen LogP contribution is -2.45. The SMILES string of the molecule is Cc1ncnc2c(-c3ccc(Oc4ccn5ncnc5c4)c(Cl)c3)cc(C3(F)CCN(C(=O)OC(C)(C)C)CC3)cc12. The van der Waals surface area contributed by atoms with Gasteiger partial charge >= 0.3 is 6.09 Å². The molecule has 0 radical (unpaired) electrons. The summed E-state index contributed by atoms with van der Waals surface area (Å²) in [5.74, 6) is 1.03. The Morgan fingerprint density at radius 2 is 1.81 bits per heavy atom. The Morgan fingerprint density at radius 3 is 2.55 bits per heavy atom. The van der Waals surface area contributed by atoms with Gasteiger partial charge in [0.1, 0.15) is 35.4 Å². The minimum atomic E-state index is -1.64. The van der Waals surface area contributed by atoms with Gasteiger partial charge in [-0.25, -0.2) is 28.7 Å². The number of halogens is 2. The molecule has 1 saturated heterocycles. The molecule has 0 atom stereocenters. The highest BCUT2D eigenvalue weighted by Crippen LogP contribution is 2.42. The number of likely N-dealkylation sites (tertiary alicyclic amines) is 1. The van der Waals surface area contributed by atoms with E-state index in [1.54, 1.807) is 39.9 Å². The number of alkyl halides is 1. The summed E-state index contributed by atoms with van der Waals surface area (Å²) < 4.78 is 29.8. The number of aromatic nitrogens is 5. The first-order valence-electron chi connectivity index (χ1n) is 13.7. The fourth-order valence-electron chi connectivity index (χ4n) is 5.17. The fraction of sp³-hybridized carbons (Fsp3) is 0.323. The van der Waals surface area contributed by atoms with Crippen LogP contribution >= 0.6 is 11.6 Å². The van der Waals surface area contributed by atoms with Crippen molar-refractivity contribution in [3.63, 3.8) is 0 Å². The van der Waals surface area contributed by atoms with Crippen molar-refractivity contribution in [1.82, 2.24) is 29.5 Å². The molecule has 0 aliphatic carbocycles. The molecule has 9 nitrogen and oxygen atoms in total. The van der Waals surface area contributed by atoms with Crippen LogP contribution in [0.15, 0.2) is 61.3 Å². The predicted molar refractivity (Wildman–Crippen MR) is 158 cm³/mol. The monoisotopic (exact) mass is 588 g/mol. The lowest BCUT2D eigenvalue weighted by Gasteiger charge is -2.37. The smallest absolute Gasteiger partial charge is 0.410 e. The van der Waals surface area contributed by atoms with Crippen LogP contribution in [0.3, 0.4) is 0 Å². The standard InChI is InChI=1S/C31H30ClFN6O3/c1-19-23-14-21(31(33)8-11-38(12-9-31)29(40)42-30(2,3)4)15-24(28(23)36-17-34-19)20-5-6-26(25(32)13-20)41-22-7-10-39-27(16-22)35-18-37-39/h5-7,10,13-18H,8-9,11-12H2,1-4H3. The van der Waals surface area contributed by atoms with Crippen molar-refractivity contribution < 1.29 is 18.7 Å². The Labute approximate surface area is 247 Å². The van der Waals surface area contributed by atoms with Crippen molar-refractivity contribution in [3.05, 3.63) is 77.6 Å². The van der Waals surface area contributed by atoms with Gasteiger partial charge in [0.25, 0.3) is 0 Å². The second-order valence-electron chi connectivity index (χ2n) is 11.5. The summed E-state index contributed by atoms with van der Waals surface area (Å²) in [6.07, 6.45) is 4.60. The predicted octanol–water partition coefficient (Wildman–Crippen LogP) is 7.29. The number of rotatable bonds is 4. The largest absolute Gasteiger partial charge is 0.456 e. The second kappa shape index (κ2) is 10.5. The molecule has 4 heterocycles. The van der Waals surface area contributed by atoms with Crippen molar-refractivity contribution >= 4 is 34.2 Å². The first-order valence-corrected chi connectivity index (χ1v) is 14.1. The summed E-state index contributed by atoms with van der Waals surface area (Å²) in [5.41, 5.74) is 1.85. The quantitative estimate of drug-likeness (QED) is 0.217. The van der Waals surface area contributed by atoms with E-state index in [-0.39, 0.29) is 25.9 Å². The number of hydrogen-bond donors (Lipinski definition) is 0. The summed E-state index contributed by atoms with van der Waals surface area (Å²) in [7, 11) is 0. The highest BCUT2D eigenvalue weighted by Gasteiger charge is 2.39. The summed E-state index contributed by atoms with van der Waals surface area (Å²) in [6, 6.07) is 12.7. The van der Waals surface area contributed by atoms with Crippen LogP contribution in [0.1, 0.15) is 44.9 Å². The molecule has 0 bridgehead atoms. The van der Waals surface area contributed by atoms with E-state index in [4.69, 9.17) is 21.1 Å². The topological polar surface area (TPSA) is 94.7 Å². The molecule has 6 rings (SSSR count). The van der Waals surface area contributed by atoms with Crippen LogP contribution < -0.4 is 4.74 Å². The first kappa shape index (κ1) is 27.8. The third-order valence-electron chi connectivity index (χ3n) is 7.39. The Kier molecular flexibility index (Phi) is 6.97. The molecule has 2 aromatic carbocycles. The molecule has 1 amide bonds. The minimum Gasteiger partial charge on any atom is -0.456 e. The zero-order chi connectivity index (χ0) is 29.6. The van der Waals surface area contributed by atoms with E-state index >= 15 is 4.39 Å². The van der Waals surface area contributed by atoms with E-state index in [1.807, 2.05) is 45.9 Å². The number of fused-ring (bicyclic) bond motifs is 2. The number of piperidine rings is 1. The lowest BCUT2D eigenvalue weighted by atomic mass is 9.83. The molecule has 216 valence electrons. The number of nitrogens with zero attached hydrogens (tertiary/aromatic N) is 6. The lowest BCUT2D eigenvalue weighted by molar-refractivity contribution is 0.00223. The van der Waals surface area contributed by atoms with Gasteiger partial charge in [-0.3, -0.25) is 0 Å². The summed E-state index contributed by atoms with van der Waals surface area (Å²) in [5, 5.41) is 5.24. The summed E-state index contributed by atoms with van der Waals surface area (Å²) in [4.78, 5) is 27.2. The zero-order valence-electron chi connectivity index (χ0n) is 23.8. The maximum absolute atomic E-state index is 16.6. The van der Waals surface area contributed by atoms with E-state index < -0.39 is 17.4 Å². The van der Waals surface area contributed by atoms with Crippen LogP contribution in [0, 0.1) is 6.92 Å². The Balaban J connectivity index is 1.32. The van der Waals surface area contributed by atoms with Crippen molar-refractivity contribution in [1.29, 1.82) is 0 Å². The molecule has 5 aromatic rings. The molecule has 0 spiro atoms. The number of carbonyl (C=O) groups is 1. The highest BCUT2D eigenvalue weighted by molar-refractivity contribution is 6.32. The molecule has 42 heavy (non-hydrogen) atoms. The number of carbonyl (C=O) groups excluding carboxylic acids is 1.